The third kappa shape index (κ3) is 5.99. The molecule has 1 aliphatic heterocycles. The molecule has 26 heavy (non-hydrogen) atoms. The van der Waals surface area contributed by atoms with Gasteiger partial charge in [0.1, 0.15) is 0 Å². The average molecular weight is 351 g/mol. The van der Waals surface area contributed by atoms with Crippen molar-refractivity contribution in [2.45, 2.75) is 63.7 Å². The molecule has 3 rings (SSSR count). The van der Waals surface area contributed by atoms with Gasteiger partial charge in [-0.3, -0.25) is 4.79 Å². The molecule has 3 heteroatoms. The number of nitrogens with one attached hydrogen (secondary N) is 1. The second kappa shape index (κ2) is 9.54. The number of hydrogen-bond acceptors (Lipinski definition) is 2. The summed E-state index contributed by atoms with van der Waals surface area (Å²) in [6.07, 6.45) is 6.28. The number of benzene rings is 2. The van der Waals surface area contributed by atoms with Crippen LogP contribution in [0.25, 0.3) is 0 Å². The van der Waals surface area contributed by atoms with Crippen molar-refractivity contribution in [2.24, 2.45) is 0 Å². The van der Waals surface area contributed by atoms with E-state index in [1.807, 2.05) is 12.1 Å². The lowest BCUT2D eigenvalue weighted by molar-refractivity contribution is -0.122. The van der Waals surface area contributed by atoms with E-state index in [2.05, 4.69) is 53.8 Å². The lowest BCUT2D eigenvalue weighted by atomic mass is 9.92. The molecule has 1 aliphatic rings. The van der Waals surface area contributed by atoms with Gasteiger partial charge in [0.2, 0.25) is 5.91 Å². The van der Waals surface area contributed by atoms with Gasteiger partial charge in [0.15, 0.2) is 0 Å². The molecule has 0 bridgehead atoms. The Kier molecular flexibility index (Phi) is 6.84. The smallest absolute Gasteiger partial charge is 0.217 e. The molecule has 1 heterocycles. The zero-order chi connectivity index (χ0) is 18.2. The first kappa shape index (κ1) is 18.7. The van der Waals surface area contributed by atoms with Crippen LogP contribution in [0.5, 0.6) is 0 Å². The molecule has 0 radical (unpaired) electrons. The van der Waals surface area contributed by atoms with Crippen molar-refractivity contribution in [3.8, 4) is 0 Å². The van der Waals surface area contributed by atoms with Crippen molar-refractivity contribution in [3.05, 3.63) is 71.8 Å². The maximum atomic E-state index is 11.5. The van der Waals surface area contributed by atoms with E-state index in [1.54, 1.807) is 6.92 Å². The zero-order valence-corrected chi connectivity index (χ0v) is 15.6. The Morgan fingerprint density at radius 3 is 1.77 bits per heavy atom. The highest BCUT2D eigenvalue weighted by Crippen LogP contribution is 2.26. The lowest BCUT2D eigenvalue weighted by Gasteiger charge is -2.36. The normalized spacial score (nSPS) is 22.7. The Bertz CT molecular complexity index is 620. The van der Waals surface area contributed by atoms with Crippen molar-refractivity contribution in [3.63, 3.8) is 0 Å². The maximum Gasteiger partial charge on any atom is 0.217 e. The molecule has 1 amide bonds. The highest BCUT2D eigenvalue weighted by atomic mass is 16.5. The van der Waals surface area contributed by atoms with E-state index < -0.39 is 0 Å². The predicted molar refractivity (Wildman–Crippen MR) is 105 cm³/mol. The molecule has 0 spiro atoms. The van der Waals surface area contributed by atoms with Crippen LogP contribution in [0.4, 0.5) is 0 Å². The monoisotopic (exact) mass is 351 g/mol. The fourth-order valence-corrected chi connectivity index (χ4v) is 3.84. The highest BCUT2D eigenvalue weighted by Gasteiger charge is 2.29. The summed E-state index contributed by atoms with van der Waals surface area (Å²) in [6, 6.07) is 21.3. The second-order valence-electron chi connectivity index (χ2n) is 7.30. The van der Waals surface area contributed by atoms with E-state index in [9.17, 15) is 4.79 Å². The maximum absolute atomic E-state index is 11.5. The highest BCUT2D eigenvalue weighted by molar-refractivity contribution is 5.73. The van der Waals surface area contributed by atoms with E-state index in [-0.39, 0.29) is 24.2 Å². The van der Waals surface area contributed by atoms with Gasteiger partial charge in [-0.15, -0.1) is 0 Å². The van der Waals surface area contributed by atoms with Gasteiger partial charge in [0.25, 0.3) is 0 Å². The quantitative estimate of drug-likeness (QED) is 0.807. The fraction of sp³-hybridized carbons (Fsp3) is 0.435. The number of amides is 1. The van der Waals surface area contributed by atoms with Crippen molar-refractivity contribution < 1.29 is 9.53 Å². The molecule has 1 fully saturated rings. The number of ether oxygens (including phenoxy) is 1. The van der Waals surface area contributed by atoms with Crippen LogP contribution in [0.3, 0.4) is 0 Å². The predicted octanol–water partition coefficient (Wildman–Crippen LogP) is 4.30. The van der Waals surface area contributed by atoms with Crippen LogP contribution in [0, 0.1) is 0 Å². The Labute approximate surface area is 156 Å². The molecule has 3 nitrogen and oxygen atoms in total. The van der Waals surface area contributed by atoms with Gasteiger partial charge in [-0.2, -0.15) is 0 Å². The van der Waals surface area contributed by atoms with Crippen LogP contribution in [-0.4, -0.2) is 24.2 Å². The number of hydrogen-bond donors (Lipinski definition) is 1. The van der Waals surface area contributed by atoms with Crippen LogP contribution < -0.4 is 5.32 Å². The minimum absolute atomic E-state index is 0.0560. The van der Waals surface area contributed by atoms with E-state index in [1.165, 1.54) is 11.1 Å². The summed E-state index contributed by atoms with van der Waals surface area (Å²) in [5, 5.41) is 3.12. The molecule has 0 aliphatic carbocycles. The Balaban J connectivity index is 1.56. The van der Waals surface area contributed by atoms with E-state index in [0.29, 0.717) is 0 Å². The summed E-state index contributed by atoms with van der Waals surface area (Å²) in [4.78, 5) is 11.5. The Morgan fingerprint density at radius 2 is 1.35 bits per heavy atom. The second-order valence-corrected chi connectivity index (χ2v) is 7.30. The SMILES string of the molecule is CC(=O)NC1CC(CCc2ccccc2)OC(CCc2ccccc2)C1. The van der Waals surface area contributed by atoms with Gasteiger partial charge in [-0.25, -0.2) is 0 Å². The summed E-state index contributed by atoms with van der Waals surface area (Å²) >= 11 is 0. The van der Waals surface area contributed by atoms with Gasteiger partial charge in [0, 0.05) is 13.0 Å². The molecule has 0 saturated carbocycles. The average Bonchev–Trinajstić information content (AvgIpc) is 2.66. The minimum Gasteiger partial charge on any atom is -0.375 e. The van der Waals surface area contributed by atoms with Crippen molar-refractivity contribution in [1.29, 1.82) is 0 Å². The summed E-state index contributed by atoms with van der Waals surface area (Å²) in [6.45, 7) is 1.60. The number of rotatable bonds is 7. The molecule has 2 unspecified atom stereocenters. The van der Waals surface area contributed by atoms with Crippen molar-refractivity contribution in [1.82, 2.24) is 5.32 Å². The largest absolute Gasteiger partial charge is 0.375 e. The van der Waals surface area contributed by atoms with Gasteiger partial charge in [-0.05, 0) is 49.7 Å². The molecule has 138 valence electrons. The number of carbonyl (C=O) groups is 1. The first-order chi connectivity index (χ1) is 12.7. The Morgan fingerprint density at radius 1 is 0.885 bits per heavy atom. The standard InChI is InChI=1S/C23H29NO2/c1-18(25)24-21-16-22(14-12-19-8-4-2-5-9-19)26-23(17-21)15-13-20-10-6-3-7-11-20/h2-11,21-23H,12-17H2,1H3,(H,24,25). The molecular formula is C23H29NO2. The molecule has 2 aromatic rings. The molecule has 1 saturated heterocycles. The van der Waals surface area contributed by atoms with Crippen LogP contribution in [0.2, 0.25) is 0 Å². The molecule has 0 aromatic heterocycles. The van der Waals surface area contributed by atoms with Crippen LogP contribution in [0.15, 0.2) is 60.7 Å². The van der Waals surface area contributed by atoms with Gasteiger partial charge >= 0.3 is 0 Å². The summed E-state index contributed by atoms with van der Waals surface area (Å²) < 4.78 is 6.39. The van der Waals surface area contributed by atoms with E-state index in [4.69, 9.17) is 4.74 Å². The first-order valence-electron chi connectivity index (χ1n) is 9.69. The third-order valence-corrected chi connectivity index (χ3v) is 5.08. The topological polar surface area (TPSA) is 38.3 Å². The molecule has 2 atom stereocenters. The molecular weight excluding hydrogens is 322 g/mol. The van der Waals surface area contributed by atoms with E-state index in [0.717, 1.165) is 38.5 Å². The number of carbonyl (C=O) groups excluding carboxylic acids is 1. The third-order valence-electron chi connectivity index (χ3n) is 5.08. The molecule has 2 aromatic carbocycles. The van der Waals surface area contributed by atoms with Crippen LogP contribution in [-0.2, 0) is 22.4 Å². The Hall–Kier alpha value is -2.13. The number of aryl methyl sites for hydroxylation is 2. The summed E-state index contributed by atoms with van der Waals surface area (Å²) in [5.41, 5.74) is 2.69. The van der Waals surface area contributed by atoms with Crippen LogP contribution in [0.1, 0.15) is 43.7 Å². The minimum atomic E-state index is 0.0560. The van der Waals surface area contributed by atoms with Gasteiger partial charge < -0.3 is 10.1 Å². The zero-order valence-electron chi connectivity index (χ0n) is 15.6. The fourth-order valence-electron chi connectivity index (χ4n) is 3.84. The summed E-state index contributed by atoms with van der Waals surface area (Å²) in [7, 11) is 0. The van der Waals surface area contributed by atoms with Crippen molar-refractivity contribution >= 4 is 5.91 Å². The summed E-state index contributed by atoms with van der Waals surface area (Å²) in [5.74, 6) is 0.0560. The molecule has 1 N–H and O–H groups in total. The van der Waals surface area contributed by atoms with Crippen molar-refractivity contribution in [2.75, 3.05) is 0 Å². The van der Waals surface area contributed by atoms with E-state index >= 15 is 0 Å². The van der Waals surface area contributed by atoms with Gasteiger partial charge in [0.05, 0.1) is 12.2 Å². The van der Waals surface area contributed by atoms with Gasteiger partial charge in [-0.1, -0.05) is 60.7 Å². The lowest BCUT2D eigenvalue weighted by Crippen LogP contribution is -2.45. The first-order valence-corrected chi connectivity index (χ1v) is 9.69. The van der Waals surface area contributed by atoms with Crippen LogP contribution >= 0.6 is 0 Å².